The van der Waals surface area contributed by atoms with Crippen LogP contribution in [0.2, 0.25) is 0 Å². The Balaban J connectivity index is 0. The third-order valence-corrected chi connectivity index (χ3v) is 0. The Hall–Kier alpha value is 1.75. The maximum absolute atomic E-state index is 0. The van der Waals surface area contributed by atoms with E-state index in [1.165, 1.54) is 0 Å². The zero-order valence-corrected chi connectivity index (χ0v) is 3.79. The molecule has 0 aromatic carbocycles. The molecule has 0 aromatic rings. The van der Waals surface area contributed by atoms with Crippen LogP contribution in [0.5, 0.6) is 0 Å². The van der Waals surface area contributed by atoms with Gasteiger partial charge in [0.2, 0.25) is 0 Å². The van der Waals surface area contributed by atoms with E-state index in [1.807, 2.05) is 0 Å². The molecule has 0 N–H and O–H groups in total. The standard InChI is InChI=1S/2Cu.Ni.H4Si/h;;;1H4. The van der Waals surface area contributed by atoms with Gasteiger partial charge in [-0.1, -0.05) is 0 Å². The summed E-state index contributed by atoms with van der Waals surface area (Å²) in [7, 11) is 0. The number of hydrogen-bond donors (Lipinski definition) is 0. The van der Waals surface area contributed by atoms with Crippen molar-refractivity contribution in [1.29, 1.82) is 0 Å². The van der Waals surface area contributed by atoms with E-state index in [2.05, 4.69) is 0 Å². The van der Waals surface area contributed by atoms with E-state index in [4.69, 9.17) is 0 Å². The van der Waals surface area contributed by atoms with Gasteiger partial charge in [0.05, 0.1) is 0 Å². The van der Waals surface area contributed by atoms with Gasteiger partial charge in [-0.15, -0.1) is 0 Å². The fraction of sp³-hybridized carbons (Fsp3) is 0. The molecule has 0 fully saturated rings. The van der Waals surface area contributed by atoms with Gasteiger partial charge in [0, 0.05) is 50.6 Å². The largest absolute Gasteiger partial charge is 0.0149 e. The summed E-state index contributed by atoms with van der Waals surface area (Å²) < 4.78 is 0. The van der Waals surface area contributed by atoms with Gasteiger partial charge in [-0.3, -0.25) is 0 Å². The summed E-state index contributed by atoms with van der Waals surface area (Å²) in [6.45, 7) is 0. The van der Waals surface area contributed by atoms with Crippen molar-refractivity contribution in [3.63, 3.8) is 0 Å². The molecule has 0 spiro atoms. The smallest absolute Gasteiger partial charge is 0 e. The molecule has 0 rings (SSSR count). The van der Waals surface area contributed by atoms with Gasteiger partial charge in [-0.05, 0) is 11.0 Å². The van der Waals surface area contributed by atoms with Crippen molar-refractivity contribution in [3.05, 3.63) is 0 Å². The quantitative estimate of drug-likeness (QED) is 0.436. The minimum Gasteiger partial charge on any atom is -0.0149 e. The van der Waals surface area contributed by atoms with Crippen LogP contribution in [0.4, 0.5) is 0 Å². The van der Waals surface area contributed by atoms with Gasteiger partial charge < -0.3 is 0 Å². The molecule has 0 unspecified atom stereocenters. The molecule has 4 heavy (non-hydrogen) atoms. The van der Waals surface area contributed by atoms with Crippen LogP contribution in [0.3, 0.4) is 0 Å². The van der Waals surface area contributed by atoms with Crippen LogP contribution in [0, 0.1) is 0 Å². The second-order valence-electron chi connectivity index (χ2n) is 0. The van der Waals surface area contributed by atoms with Gasteiger partial charge in [-0.25, -0.2) is 0 Å². The molecule has 4 heteroatoms. The molecular weight excluding hydrogens is 214 g/mol. The molecule has 0 nitrogen and oxygen atoms in total. The molecule has 2 radical (unpaired) electrons. The summed E-state index contributed by atoms with van der Waals surface area (Å²) in [6, 6.07) is 0. The minimum absolute atomic E-state index is 0. The van der Waals surface area contributed by atoms with Crippen molar-refractivity contribution in [2.75, 3.05) is 0 Å². The Labute approximate surface area is 61.4 Å². The second kappa shape index (κ2) is 21.8. The second-order valence-corrected chi connectivity index (χ2v) is 0. The van der Waals surface area contributed by atoms with Gasteiger partial charge in [0.15, 0.2) is 0 Å². The van der Waals surface area contributed by atoms with Gasteiger partial charge in [-0.2, -0.15) is 0 Å². The average Bonchev–Trinajstić information content (AvgIpc) is 0. The summed E-state index contributed by atoms with van der Waals surface area (Å²) in [4.78, 5) is 0. The van der Waals surface area contributed by atoms with E-state index in [9.17, 15) is 0 Å². The Kier molecular flexibility index (Phi) is 231. The molecule has 0 atom stereocenters. The normalized spacial score (nSPS) is 0. The third-order valence-electron chi connectivity index (χ3n) is 0. The minimum atomic E-state index is 0. The van der Waals surface area contributed by atoms with E-state index in [-0.39, 0.29) is 61.6 Å². The molecule has 40 valence electrons. The van der Waals surface area contributed by atoms with Crippen molar-refractivity contribution < 1.29 is 50.6 Å². The van der Waals surface area contributed by atoms with Crippen LogP contribution < -0.4 is 0 Å². The van der Waals surface area contributed by atoms with Gasteiger partial charge >= 0.3 is 0 Å². The van der Waals surface area contributed by atoms with E-state index < -0.39 is 0 Å². The molecule has 0 saturated heterocycles. The predicted octanol–water partition coefficient (Wildman–Crippen LogP) is -1.46. The van der Waals surface area contributed by atoms with Crippen molar-refractivity contribution in [3.8, 4) is 0 Å². The molecule has 0 amide bonds. The first-order valence-corrected chi connectivity index (χ1v) is 0. The zero-order chi connectivity index (χ0) is 0. The zero-order valence-electron chi connectivity index (χ0n) is 0.919. The Morgan fingerprint density at radius 1 is 0.750 bits per heavy atom. The fourth-order valence-electron chi connectivity index (χ4n) is 0. The van der Waals surface area contributed by atoms with E-state index in [0.717, 1.165) is 0 Å². The summed E-state index contributed by atoms with van der Waals surface area (Å²) in [6.07, 6.45) is 0. The predicted molar refractivity (Wildman–Crippen MR) is 11.3 cm³/mol. The molecule has 0 heterocycles. The Morgan fingerprint density at radius 2 is 0.750 bits per heavy atom. The van der Waals surface area contributed by atoms with Crippen LogP contribution in [-0.4, -0.2) is 11.0 Å². The van der Waals surface area contributed by atoms with Gasteiger partial charge in [0.25, 0.3) is 0 Å². The molecule has 0 saturated carbocycles. The van der Waals surface area contributed by atoms with Crippen molar-refractivity contribution in [2.45, 2.75) is 0 Å². The first-order chi connectivity index (χ1) is 0. The molecule has 0 aliphatic rings. The third kappa shape index (κ3) is 9.26. The maximum atomic E-state index is 0. The summed E-state index contributed by atoms with van der Waals surface area (Å²) in [5.74, 6) is 0. The number of rotatable bonds is 0. The van der Waals surface area contributed by atoms with E-state index >= 15 is 0 Å². The van der Waals surface area contributed by atoms with Crippen molar-refractivity contribution >= 4 is 11.0 Å². The van der Waals surface area contributed by atoms with Crippen molar-refractivity contribution in [2.24, 2.45) is 0 Å². The SMILES string of the molecule is [Cu].[Cu].[Ni].[SiH4]. The van der Waals surface area contributed by atoms with E-state index in [0.29, 0.717) is 0 Å². The maximum Gasteiger partial charge on any atom is 0 e. The van der Waals surface area contributed by atoms with Crippen LogP contribution in [-0.2, 0) is 50.6 Å². The topological polar surface area (TPSA) is 0 Å². The van der Waals surface area contributed by atoms with Crippen LogP contribution in [0.15, 0.2) is 0 Å². The van der Waals surface area contributed by atoms with Crippen LogP contribution in [0.1, 0.15) is 0 Å². The first kappa shape index (κ1) is 42.4. The Morgan fingerprint density at radius 3 is 0.750 bits per heavy atom. The number of hydrogen-bond acceptors (Lipinski definition) is 0. The van der Waals surface area contributed by atoms with Crippen LogP contribution in [0.25, 0.3) is 0 Å². The first-order valence-electron chi connectivity index (χ1n) is 0. The molecule has 0 aliphatic heterocycles. The van der Waals surface area contributed by atoms with E-state index in [1.54, 1.807) is 0 Å². The molecule has 0 aromatic heterocycles. The molecule has 0 aliphatic carbocycles. The molecular formula is H4Cu2NiSi. The fourth-order valence-corrected chi connectivity index (χ4v) is 0. The Bertz CT molecular complexity index is 6.00. The summed E-state index contributed by atoms with van der Waals surface area (Å²) >= 11 is 0. The van der Waals surface area contributed by atoms with Crippen molar-refractivity contribution in [1.82, 2.24) is 0 Å². The van der Waals surface area contributed by atoms with Gasteiger partial charge in [0.1, 0.15) is 0 Å². The average molecular weight is 218 g/mol. The molecule has 0 bridgehead atoms. The summed E-state index contributed by atoms with van der Waals surface area (Å²) in [5.41, 5.74) is 0. The summed E-state index contributed by atoms with van der Waals surface area (Å²) in [5, 5.41) is 0. The monoisotopic (exact) mass is 216 g/mol. The van der Waals surface area contributed by atoms with Crippen LogP contribution >= 0.6 is 0 Å².